The molecular weight excluding hydrogens is 483 g/mol. The first-order valence-electron chi connectivity index (χ1n) is 12.4. The zero-order valence-electron chi connectivity index (χ0n) is 21.2. The van der Waals surface area contributed by atoms with Gasteiger partial charge in [-0.05, 0) is 49.6 Å². The molecule has 196 valence electrons. The van der Waals surface area contributed by atoms with E-state index in [9.17, 15) is 18.0 Å². The smallest absolute Gasteiger partial charge is 0.378 e. The highest BCUT2D eigenvalue weighted by atomic mass is 19.4. The number of carbonyl (C=O) groups is 1. The van der Waals surface area contributed by atoms with E-state index in [2.05, 4.69) is 9.88 Å². The van der Waals surface area contributed by atoms with E-state index < -0.39 is 11.7 Å². The van der Waals surface area contributed by atoms with Crippen molar-refractivity contribution in [3.8, 4) is 0 Å². The third-order valence-corrected chi connectivity index (χ3v) is 7.18. The van der Waals surface area contributed by atoms with Gasteiger partial charge in [-0.25, -0.2) is 4.98 Å². The lowest BCUT2D eigenvalue weighted by Gasteiger charge is -2.31. The van der Waals surface area contributed by atoms with Gasteiger partial charge in [0, 0.05) is 50.5 Å². The minimum Gasteiger partial charge on any atom is -0.378 e. The van der Waals surface area contributed by atoms with Crippen LogP contribution in [0.4, 0.5) is 24.7 Å². The molecule has 3 heterocycles. The van der Waals surface area contributed by atoms with Gasteiger partial charge in [0.15, 0.2) is 0 Å². The number of hydrogen-bond acceptors (Lipinski definition) is 6. The van der Waals surface area contributed by atoms with Crippen LogP contribution in [0.15, 0.2) is 36.5 Å². The number of nitrogens with zero attached hydrogens (tertiary/aromatic N) is 5. The van der Waals surface area contributed by atoms with E-state index in [1.807, 2.05) is 11.0 Å². The molecule has 10 heteroatoms. The molecule has 1 aromatic heterocycles. The Hall–Kier alpha value is -3.40. The van der Waals surface area contributed by atoms with Crippen LogP contribution in [0.25, 0.3) is 11.0 Å². The lowest BCUT2D eigenvalue weighted by atomic mass is 9.97. The summed E-state index contributed by atoms with van der Waals surface area (Å²) in [7, 11) is 3.38. The van der Waals surface area contributed by atoms with Crippen molar-refractivity contribution in [3.63, 3.8) is 0 Å². The van der Waals surface area contributed by atoms with Gasteiger partial charge < -0.3 is 19.4 Å². The van der Waals surface area contributed by atoms with Crippen LogP contribution < -0.4 is 9.80 Å². The van der Waals surface area contributed by atoms with Crippen molar-refractivity contribution in [1.29, 1.82) is 0 Å². The highest BCUT2D eigenvalue weighted by Crippen LogP contribution is 2.43. The first-order chi connectivity index (χ1) is 17.6. The first kappa shape index (κ1) is 25.3. The lowest BCUT2D eigenvalue weighted by Crippen LogP contribution is -2.36. The number of carbonyl (C=O) groups excluding carboxylic acids is 1. The zero-order chi connectivity index (χ0) is 26.3. The van der Waals surface area contributed by atoms with Crippen LogP contribution in [0.2, 0.25) is 0 Å². The summed E-state index contributed by atoms with van der Waals surface area (Å²) in [5, 5.41) is 0. The normalized spacial score (nSPS) is 18.5. The highest BCUT2D eigenvalue weighted by molar-refractivity contribution is 5.98. The topological polar surface area (TPSA) is 61.8 Å². The molecule has 37 heavy (non-hydrogen) atoms. The van der Waals surface area contributed by atoms with E-state index in [1.165, 1.54) is 17.9 Å². The molecule has 7 nitrogen and oxygen atoms in total. The number of anilines is 2. The van der Waals surface area contributed by atoms with Crippen LogP contribution >= 0.6 is 0 Å². The molecule has 0 radical (unpaired) electrons. The summed E-state index contributed by atoms with van der Waals surface area (Å²) in [6, 6.07) is 7.66. The molecule has 0 spiro atoms. The summed E-state index contributed by atoms with van der Waals surface area (Å²) in [5.41, 5.74) is 2.66. The molecule has 0 aliphatic carbocycles. The quantitative estimate of drug-likeness (QED) is 0.498. The second kappa shape index (κ2) is 9.81. The number of amides is 1. The SMILES string of the molecule is Cc1c(N2CCCC2c2cc(C(=O)N(C)C)cc3ncc(N4CCOCC4)nc23)cccc1C(F)(F)F. The lowest BCUT2D eigenvalue weighted by molar-refractivity contribution is -0.138. The maximum absolute atomic E-state index is 13.7. The van der Waals surface area contributed by atoms with Crippen molar-refractivity contribution in [2.75, 3.05) is 56.7 Å². The zero-order valence-corrected chi connectivity index (χ0v) is 21.2. The number of benzene rings is 2. The summed E-state index contributed by atoms with van der Waals surface area (Å²) < 4.78 is 46.5. The Labute approximate surface area is 213 Å². The van der Waals surface area contributed by atoms with Crippen molar-refractivity contribution in [3.05, 3.63) is 58.8 Å². The summed E-state index contributed by atoms with van der Waals surface area (Å²) >= 11 is 0. The van der Waals surface area contributed by atoms with Crippen molar-refractivity contribution in [2.24, 2.45) is 0 Å². The third-order valence-electron chi connectivity index (χ3n) is 7.18. The standard InChI is InChI=1S/C27H30F3N5O2/c1-17-20(27(28,29)30)6-4-7-22(17)35-9-5-8-23(35)19-14-18(26(36)33(2)3)15-21-25(19)32-24(16-31-21)34-10-12-37-13-11-34/h4,6-7,14-16,23H,5,8-13H2,1-3H3. The van der Waals surface area contributed by atoms with Crippen LogP contribution in [-0.2, 0) is 10.9 Å². The molecule has 2 aliphatic heterocycles. The fraction of sp³-hybridized carbons (Fsp3) is 0.444. The van der Waals surface area contributed by atoms with Crippen molar-refractivity contribution < 1.29 is 22.7 Å². The van der Waals surface area contributed by atoms with Crippen LogP contribution in [0, 0.1) is 6.92 Å². The van der Waals surface area contributed by atoms with Gasteiger partial charge in [0.1, 0.15) is 5.82 Å². The molecule has 1 atom stereocenters. The van der Waals surface area contributed by atoms with E-state index in [-0.39, 0.29) is 17.5 Å². The number of aromatic nitrogens is 2. The minimum absolute atomic E-state index is 0.165. The Morgan fingerprint density at radius 1 is 1.14 bits per heavy atom. The molecule has 2 aliphatic rings. The third kappa shape index (κ3) is 4.82. The Balaban J connectivity index is 1.65. The highest BCUT2D eigenvalue weighted by Gasteiger charge is 2.36. The average Bonchev–Trinajstić information content (AvgIpc) is 3.36. The molecule has 0 bridgehead atoms. The number of rotatable bonds is 4. The van der Waals surface area contributed by atoms with Crippen LogP contribution in [0.3, 0.4) is 0 Å². The van der Waals surface area contributed by atoms with Crippen molar-refractivity contribution in [1.82, 2.24) is 14.9 Å². The average molecular weight is 514 g/mol. The number of alkyl halides is 3. The van der Waals surface area contributed by atoms with Gasteiger partial charge in [0.25, 0.3) is 5.91 Å². The van der Waals surface area contributed by atoms with Gasteiger partial charge in [0.2, 0.25) is 0 Å². The van der Waals surface area contributed by atoms with Gasteiger partial charge in [0.05, 0.1) is 42.0 Å². The van der Waals surface area contributed by atoms with Gasteiger partial charge in [-0.15, -0.1) is 0 Å². The summed E-state index contributed by atoms with van der Waals surface area (Å²) in [6.07, 6.45) is -1.18. The van der Waals surface area contributed by atoms with E-state index in [0.717, 1.165) is 30.3 Å². The van der Waals surface area contributed by atoms with Crippen LogP contribution in [0.5, 0.6) is 0 Å². The number of fused-ring (bicyclic) bond motifs is 1. The second-order valence-corrected chi connectivity index (χ2v) is 9.76. The van der Waals surface area contributed by atoms with E-state index >= 15 is 0 Å². The maximum Gasteiger partial charge on any atom is 0.416 e. The molecule has 1 amide bonds. The van der Waals surface area contributed by atoms with Gasteiger partial charge >= 0.3 is 6.18 Å². The van der Waals surface area contributed by atoms with E-state index in [1.54, 1.807) is 32.4 Å². The largest absolute Gasteiger partial charge is 0.416 e. The van der Waals surface area contributed by atoms with Crippen molar-refractivity contribution >= 4 is 28.4 Å². The predicted molar refractivity (Wildman–Crippen MR) is 136 cm³/mol. The Bertz CT molecular complexity index is 1320. The van der Waals surface area contributed by atoms with E-state index in [4.69, 9.17) is 9.72 Å². The molecule has 2 fully saturated rings. The number of halogens is 3. The van der Waals surface area contributed by atoms with Gasteiger partial charge in [-0.1, -0.05) is 6.07 Å². The monoisotopic (exact) mass is 513 g/mol. The maximum atomic E-state index is 13.7. The second-order valence-electron chi connectivity index (χ2n) is 9.76. The molecule has 5 rings (SSSR count). The van der Waals surface area contributed by atoms with Gasteiger partial charge in [-0.2, -0.15) is 13.2 Å². The molecule has 0 saturated carbocycles. The summed E-state index contributed by atoms with van der Waals surface area (Å²) in [4.78, 5) is 28.2. The molecular formula is C27H30F3N5O2. The molecule has 2 aromatic carbocycles. The molecule has 2 saturated heterocycles. The Morgan fingerprint density at radius 3 is 2.59 bits per heavy atom. The fourth-order valence-corrected chi connectivity index (χ4v) is 5.33. The molecule has 1 unspecified atom stereocenters. The summed E-state index contributed by atoms with van der Waals surface area (Å²) in [5.74, 6) is 0.561. The van der Waals surface area contributed by atoms with E-state index in [0.29, 0.717) is 55.1 Å². The number of ether oxygens (including phenoxy) is 1. The van der Waals surface area contributed by atoms with Crippen LogP contribution in [0.1, 0.15) is 45.9 Å². The number of morpholine rings is 1. The minimum atomic E-state index is -4.43. The fourth-order valence-electron chi connectivity index (χ4n) is 5.33. The Kier molecular flexibility index (Phi) is 6.70. The predicted octanol–water partition coefficient (Wildman–Crippen LogP) is 4.84. The molecule has 3 aromatic rings. The Morgan fingerprint density at radius 2 is 1.89 bits per heavy atom. The number of hydrogen-bond donors (Lipinski definition) is 0. The molecule has 0 N–H and O–H groups in total. The first-order valence-corrected chi connectivity index (χ1v) is 12.4. The van der Waals surface area contributed by atoms with Crippen LogP contribution in [-0.4, -0.2) is 67.7 Å². The van der Waals surface area contributed by atoms with Crippen molar-refractivity contribution in [2.45, 2.75) is 32.0 Å². The van der Waals surface area contributed by atoms with Gasteiger partial charge in [-0.3, -0.25) is 9.78 Å². The summed E-state index contributed by atoms with van der Waals surface area (Å²) in [6.45, 7) is 4.74.